The summed E-state index contributed by atoms with van der Waals surface area (Å²) in [6, 6.07) is 0. The Morgan fingerprint density at radius 3 is 1.64 bits per heavy atom. The lowest BCUT2D eigenvalue weighted by Crippen LogP contribution is -2.36. The third kappa shape index (κ3) is 6.58. The Morgan fingerprint density at radius 1 is 0.682 bits per heavy atom. The lowest BCUT2D eigenvalue weighted by Gasteiger charge is -2.40. The molecular formula is C20H42O2. The largest absolute Gasteiger partial charge is 0.237 e. The van der Waals surface area contributed by atoms with E-state index >= 15 is 0 Å². The number of hydrogen-bond acceptors (Lipinski definition) is 2. The Hall–Kier alpha value is -0.0800. The van der Waals surface area contributed by atoms with Crippen LogP contribution in [0.3, 0.4) is 0 Å². The molecule has 0 aromatic carbocycles. The molecule has 0 aromatic rings. The second-order valence-corrected chi connectivity index (χ2v) is 9.84. The van der Waals surface area contributed by atoms with Crippen LogP contribution in [0.5, 0.6) is 0 Å². The van der Waals surface area contributed by atoms with Gasteiger partial charge in [0.15, 0.2) is 0 Å². The van der Waals surface area contributed by atoms with Gasteiger partial charge in [-0.05, 0) is 40.9 Å². The standard InChI is InChI=1S/C20H42O2/c1-11-20(10,18(5,6)7)16-22-21-15-13-12-14-19(8,9)17(2,3)4/h11-16H2,1-10H3. The molecule has 1 unspecified atom stereocenters. The van der Waals surface area contributed by atoms with Crippen LogP contribution >= 0.6 is 0 Å². The Labute approximate surface area is 140 Å². The summed E-state index contributed by atoms with van der Waals surface area (Å²) in [5.74, 6) is 0. The smallest absolute Gasteiger partial charge is 0.0880 e. The van der Waals surface area contributed by atoms with Gasteiger partial charge in [0.1, 0.15) is 0 Å². The minimum absolute atomic E-state index is 0.154. The van der Waals surface area contributed by atoms with Crippen molar-refractivity contribution in [2.75, 3.05) is 13.2 Å². The predicted molar refractivity (Wildman–Crippen MR) is 96.8 cm³/mol. The molecule has 0 amide bonds. The van der Waals surface area contributed by atoms with E-state index in [4.69, 9.17) is 9.78 Å². The van der Waals surface area contributed by atoms with Crippen molar-refractivity contribution in [1.29, 1.82) is 0 Å². The first-order chi connectivity index (χ1) is 9.77. The van der Waals surface area contributed by atoms with Gasteiger partial charge in [-0.15, -0.1) is 0 Å². The molecule has 0 N–H and O–H groups in total. The van der Waals surface area contributed by atoms with Crippen molar-refractivity contribution in [3.05, 3.63) is 0 Å². The van der Waals surface area contributed by atoms with Gasteiger partial charge in [0, 0.05) is 0 Å². The van der Waals surface area contributed by atoms with E-state index < -0.39 is 0 Å². The molecule has 2 nitrogen and oxygen atoms in total. The lowest BCUT2D eigenvalue weighted by atomic mass is 9.67. The molecular weight excluding hydrogens is 272 g/mol. The van der Waals surface area contributed by atoms with Gasteiger partial charge >= 0.3 is 0 Å². The number of rotatable bonds is 9. The highest BCUT2D eigenvalue weighted by Gasteiger charge is 2.36. The summed E-state index contributed by atoms with van der Waals surface area (Å²) >= 11 is 0. The molecule has 0 bridgehead atoms. The molecule has 0 spiro atoms. The van der Waals surface area contributed by atoms with Crippen LogP contribution in [-0.2, 0) is 9.78 Å². The zero-order valence-corrected chi connectivity index (χ0v) is 17.1. The van der Waals surface area contributed by atoms with E-state index in [1.807, 2.05) is 0 Å². The van der Waals surface area contributed by atoms with Crippen molar-refractivity contribution in [2.45, 2.75) is 94.9 Å². The van der Waals surface area contributed by atoms with Crippen molar-refractivity contribution in [2.24, 2.45) is 21.7 Å². The molecule has 134 valence electrons. The van der Waals surface area contributed by atoms with Gasteiger partial charge in [-0.1, -0.05) is 75.7 Å². The average Bonchev–Trinajstić information content (AvgIpc) is 2.34. The molecule has 0 radical (unpaired) electrons. The highest BCUT2D eigenvalue weighted by Crippen LogP contribution is 2.42. The van der Waals surface area contributed by atoms with Crippen molar-refractivity contribution in [3.63, 3.8) is 0 Å². The maximum Gasteiger partial charge on any atom is 0.0880 e. The Morgan fingerprint density at radius 2 is 1.23 bits per heavy atom. The van der Waals surface area contributed by atoms with Gasteiger partial charge in [0.05, 0.1) is 13.2 Å². The van der Waals surface area contributed by atoms with Crippen LogP contribution in [0.2, 0.25) is 0 Å². The van der Waals surface area contributed by atoms with E-state index in [9.17, 15) is 0 Å². The summed E-state index contributed by atoms with van der Waals surface area (Å²) in [4.78, 5) is 10.9. The SMILES string of the molecule is CCC(C)(COOCCCCC(C)(C)C(C)(C)C)C(C)(C)C. The molecule has 22 heavy (non-hydrogen) atoms. The van der Waals surface area contributed by atoms with Crippen LogP contribution in [0.1, 0.15) is 94.9 Å². The van der Waals surface area contributed by atoms with Gasteiger partial charge in [-0.2, -0.15) is 0 Å². The van der Waals surface area contributed by atoms with Gasteiger partial charge in [-0.3, -0.25) is 0 Å². The van der Waals surface area contributed by atoms with Gasteiger partial charge in [-0.25, -0.2) is 9.78 Å². The molecule has 0 rings (SSSR count). The molecule has 0 aliphatic carbocycles. The van der Waals surface area contributed by atoms with Crippen LogP contribution in [0.25, 0.3) is 0 Å². The fourth-order valence-electron chi connectivity index (χ4n) is 2.18. The topological polar surface area (TPSA) is 18.5 Å². The summed E-state index contributed by atoms with van der Waals surface area (Å²) in [5, 5.41) is 0. The summed E-state index contributed by atoms with van der Waals surface area (Å²) in [7, 11) is 0. The molecule has 0 aliphatic rings. The van der Waals surface area contributed by atoms with Crippen LogP contribution < -0.4 is 0 Å². The molecule has 0 fully saturated rings. The summed E-state index contributed by atoms with van der Waals surface area (Å²) < 4.78 is 0. The van der Waals surface area contributed by atoms with E-state index in [0.29, 0.717) is 24.0 Å². The molecule has 0 saturated heterocycles. The third-order valence-electron chi connectivity index (χ3n) is 6.36. The number of unbranched alkanes of at least 4 members (excludes halogenated alkanes) is 1. The minimum Gasteiger partial charge on any atom is -0.237 e. The zero-order chi connectivity index (χ0) is 17.7. The summed E-state index contributed by atoms with van der Waals surface area (Å²) in [6.45, 7) is 24.4. The molecule has 1 atom stereocenters. The Bertz CT molecular complexity index is 307. The fraction of sp³-hybridized carbons (Fsp3) is 1.00. The number of hydrogen-bond donors (Lipinski definition) is 0. The van der Waals surface area contributed by atoms with Crippen LogP contribution in [-0.4, -0.2) is 13.2 Å². The minimum atomic E-state index is 0.154. The van der Waals surface area contributed by atoms with E-state index in [-0.39, 0.29) is 10.8 Å². The average molecular weight is 315 g/mol. The van der Waals surface area contributed by atoms with E-state index in [2.05, 4.69) is 69.2 Å². The Kier molecular flexibility index (Phi) is 8.12. The van der Waals surface area contributed by atoms with Gasteiger partial charge in [0.25, 0.3) is 0 Å². The summed E-state index contributed by atoms with van der Waals surface area (Å²) in [5.41, 5.74) is 1.09. The van der Waals surface area contributed by atoms with E-state index in [1.165, 1.54) is 12.8 Å². The molecule has 2 heteroatoms. The van der Waals surface area contributed by atoms with E-state index in [0.717, 1.165) is 12.8 Å². The maximum absolute atomic E-state index is 5.52. The second kappa shape index (κ2) is 8.15. The van der Waals surface area contributed by atoms with Gasteiger partial charge < -0.3 is 0 Å². The predicted octanol–water partition coefficient (Wildman–Crippen LogP) is 6.64. The summed E-state index contributed by atoms with van der Waals surface area (Å²) in [6.07, 6.45) is 4.59. The third-order valence-corrected chi connectivity index (χ3v) is 6.36. The quantitative estimate of drug-likeness (QED) is 0.270. The highest BCUT2D eigenvalue weighted by molar-refractivity contribution is 4.85. The normalized spacial score (nSPS) is 16.6. The van der Waals surface area contributed by atoms with Gasteiger partial charge in [0.2, 0.25) is 0 Å². The lowest BCUT2D eigenvalue weighted by molar-refractivity contribution is -0.316. The highest BCUT2D eigenvalue weighted by atomic mass is 17.2. The molecule has 0 aliphatic heterocycles. The monoisotopic (exact) mass is 314 g/mol. The van der Waals surface area contributed by atoms with Crippen molar-refractivity contribution >= 4 is 0 Å². The molecule has 0 heterocycles. The van der Waals surface area contributed by atoms with Crippen LogP contribution in [0.4, 0.5) is 0 Å². The first-order valence-corrected chi connectivity index (χ1v) is 9.01. The van der Waals surface area contributed by atoms with Crippen molar-refractivity contribution < 1.29 is 9.78 Å². The van der Waals surface area contributed by atoms with E-state index in [1.54, 1.807) is 0 Å². The van der Waals surface area contributed by atoms with Crippen LogP contribution in [0, 0.1) is 21.7 Å². The second-order valence-electron chi connectivity index (χ2n) is 9.84. The van der Waals surface area contributed by atoms with Crippen molar-refractivity contribution in [1.82, 2.24) is 0 Å². The Balaban J connectivity index is 3.93. The molecule has 0 saturated carbocycles. The zero-order valence-electron chi connectivity index (χ0n) is 17.1. The molecule has 0 aromatic heterocycles. The fourth-order valence-corrected chi connectivity index (χ4v) is 2.18. The van der Waals surface area contributed by atoms with Crippen LogP contribution in [0.15, 0.2) is 0 Å². The first kappa shape index (κ1) is 21.9. The first-order valence-electron chi connectivity index (χ1n) is 9.01. The maximum atomic E-state index is 5.52. The van der Waals surface area contributed by atoms with Crippen molar-refractivity contribution in [3.8, 4) is 0 Å².